The third-order valence-corrected chi connectivity index (χ3v) is 6.43. The summed E-state index contributed by atoms with van der Waals surface area (Å²) in [7, 11) is 0. The van der Waals surface area contributed by atoms with E-state index in [2.05, 4.69) is 21.9 Å². The molecule has 0 N–H and O–H groups in total. The first-order valence-corrected chi connectivity index (χ1v) is 10.5. The molecule has 2 nitrogen and oxygen atoms in total. The normalized spacial score (nSPS) is 15.6. The van der Waals surface area contributed by atoms with Crippen molar-refractivity contribution >= 4 is 52.3 Å². The minimum absolute atomic E-state index is 0.613. The van der Waals surface area contributed by atoms with Crippen LogP contribution in [-0.2, 0) is 0 Å². The van der Waals surface area contributed by atoms with Crippen LogP contribution in [-0.4, -0.2) is 43.4 Å². The van der Waals surface area contributed by atoms with Crippen molar-refractivity contribution in [2.45, 2.75) is 11.3 Å². The van der Waals surface area contributed by atoms with Crippen molar-refractivity contribution in [2.75, 3.05) is 43.4 Å². The van der Waals surface area contributed by atoms with Gasteiger partial charge in [0, 0.05) is 41.8 Å². The van der Waals surface area contributed by atoms with E-state index in [-0.39, 0.29) is 0 Å². The number of halogens is 3. The lowest BCUT2D eigenvalue weighted by molar-refractivity contribution is 0.259. The summed E-state index contributed by atoms with van der Waals surface area (Å²) < 4.78 is 0. The molecule has 0 amide bonds. The topological polar surface area (TPSA) is 6.48 Å². The van der Waals surface area contributed by atoms with Crippen LogP contribution in [0.25, 0.3) is 0 Å². The third kappa shape index (κ3) is 5.70. The Morgan fingerprint density at radius 3 is 2.24 bits per heavy atom. The van der Waals surface area contributed by atoms with E-state index in [4.69, 9.17) is 34.8 Å². The Morgan fingerprint density at radius 1 is 0.840 bits per heavy atom. The van der Waals surface area contributed by atoms with Gasteiger partial charge in [0.2, 0.25) is 0 Å². The fourth-order valence-electron chi connectivity index (χ4n) is 2.92. The van der Waals surface area contributed by atoms with E-state index < -0.39 is 0 Å². The van der Waals surface area contributed by atoms with E-state index in [1.165, 1.54) is 11.3 Å². The molecule has 1 fully saturated rings. The number of piperazine rings is 1. The molecular formula is C19H21Cl3N2S. The SMILES string of the molecule is Clc1ccc(SCCCN2CCN(c3ccc(Cl)c(Cl)c3)CC2)cc1. The molecule has 0 saturated carbocycles. The van der Waals surface area contributed by atoms with Crippen LogP contribution in [0, 0.1) is 0 Å². The van der Waals surface area contributed by atoms with Crippen molar-refractivity contribution in [3.05, 3.63) is 57.5 Å². The summed E-state index contributed by atoms with van der Waals surface area (Å²) in [4.78, 5) is 6.20. The molecule has 6 heteroatoms. The summed E-state index contributed by atoms with van der Waals surface area (Å²) in [5, 5.41) is 2.03. The van der Waals surface area contributed by atoms with Gasteiger partial charge in [-0.3, -0.25) is 4.90 Å². The maximum absolute atomic E-state index is 6.13. The minimum atomic E-state index is 0.613. The Labute approximate surface area is 169 Å². The van der Waals surface area contributed by atoms with Crippen LogP contribution >= 0.6 is 46.6 Å². The summed E-state index contributed by atoms with van der Waals surface area (Å²) in [5.74, 6) is 1.13. The second-order valence-corrected chi connectivity index (χ2v) is 8.50. The standard InChI is InChI=1S/C19H21Cl3N2S/c20-15-2-5-17(6-3-15)25-13-1-8-23-9-11-24(12-10-23)16-4-7-18(21)19(22)14-16/h2-7,14H,1,8-13H2. The number of thioether (sulfide) groups is 1. The van der Waals surface area contributed by atoms with Gasteiger partial charge in [-0.25, -0.2) is 0 Å². The van der Waals surface area contributed by atoms with Gasteiger partial charge in [0.15, 0.2) is 0 Å². The first-order chi connectivity index (χ1) is 12.1. The monoisotopic (exact) mass is 414 g/mol. The highest BCUT2D eigenvalue weighted by Gasteiger charge is 2.17. The quantitative estimate of drug-likeness (QED) is 0.425. The van der Waals surface area contributed by atoms with Gasteiger partial charge >= 0.3 is 0 Å². The fourth-order valence-corrected chi connectivity index (χ4v) is 4.18. The highest BCUT2D eigenvalue weighted by molar-refractivity contribution is 7.99. The molecule has 0 atom stereocenters. The van der Waals surface area contributed by atoms with Gasteiger partial charge < -0.3 is 4.90 Å². The zero-order valence-electron chi connectivity index (χ0n) is 13.9. The van der Waals surface area contributed by atoms with Gasteiger partial charge in [-0.1, -0.05) is 34.8 Å². The molecule has 0 bridgehead atoms. The zero-order valence-corrected chi connectivity index (χ0v) is 17.0. The van der Waals surface area contributed by atoms with E-state index >= 15 is 0 Å². The molecule has 3 rings (SSSR count). The van der Waals surface area contributed by atoms with Gasteiger partial charge in [-0.15, -0.1) is 11.8 Å². The van der Waals surface area contributed by atoms with E-state index in [1.807, 2.05) is 42.1 Å². The van der Waals surface area contributed by atoms with Crippen LogP contribution in [0.1, 0.15) is 6.42 Å². The Balaban J connectivity index is 1.37. The van der Waals surface area contributed by atoms with Crippen LogP contribution in [0.2, 0.25) is 15.1 Å². The molecule has 25 heavy (non-hydrogen) atoms. The Kier molecular flexibility index (Phi) is 7.20. The van der Waals surface area contributed by atoms with Crippen LogP contribution < -0.4 is 4.90 Å². The highest BCUT2D eigenvalue weighted by atomic mass is 35.5. The highest BCUT2D eigenvalue weighted by Crippen LogP contribution is 2.28. The molecule has 0 unspecified atom stereocenters. The van der Waals surface area contributed by atoms with Crippen molar-refractivity contribution in [2.24, 2.45) is 0 Å². The summed E-state index contributed by atoms with van der Waals surface area (Å²) in [6, 6.07) is 14.0. The molecule has 1 saturated heterocycles. The molecule has 134 valence electrons. The Morgan fingerprint density at radius 2 is 1.56 bits per heavy atom. The van der Waals surface area contributed by atoms with E-state index in [1.54, 1.807) is 0 Å². The number of hydrogen-bond donors (Lipinski definition) is 0. The van der Waals surface area contributed by atoms with Crippen molar-refractivity contribution in [3.63, 3.8) is 0 Å². The van der Waals surface area contributed by atoms with Gasteiger partial charge in [-0.2, -0.15) is 0 Å². The lowest BCUT2D eigenvalue weighted by atomic mass is 10.2. The largest absolute Gasteiger partial charge is 0.369 e. The number of anilines is 1. The van der Waals surface area contributed by atoms with Crippen LogP contribution in [0.5, 0.6) is 0 Å². The summed E-state index contributed by atoms with van der Waals surface area (Å²) in [5.41, 5.74) is 1.16. The Hall–Kier alpha value is -0.580. The molecule has 0 aromatic heterocycles. The first kappa shape index (κ1) is 19.2. The van der Waals surface area contributed by atoms with Gasteiger partial charge in [-0.05, 0) is 61.2 Å². The maximum atomic E-state index is 6.13. The second kappa shape index (κ2) is 9.38. The minimum Gasteiger partial charge on any atom is -0.369 e. The predicted octanol–water partition coefficient (Wildman–Crippen LogP) is 5.95. The van der Waals surface area contributed by atoms with E-state index in [9.17, 15) is 0 Å². The number of benzene rings is 2. The van der Waals surface area contributed by atoms with Crippen molar-refractivity contribution in [1.82, 2.24) is 4.90 Å². The van der Waals surface area contributed by atoms with Gasteiger partial charge in [0.1, 0.15) is 0 Å². The molecule has 2 aromatic carbocycles. The average molecular weight is 416 g/mol. The van der Waals surface area contributed by atoms with Crippen molar-refractivity contribution in [1.29, 1.82) is 0 Å². The van der Waals surface area contributed by atoms with Crippen LogP contribution in [0.15, 0.2) is 47.4 Å². The summed E-state index contributed by atoms with van der Waals surface area (Å²) in [6.07, 6.45) is 1.19. The first-order valence-electron chi connectivity index (χ1n) is 8.42. The van der Waals surface area contributed by atoms with Crippen molar-refractivity contribution in [3.8, 4) is 0 Å². The van der Waals surface area contributed by atoms with E-state index in [0.717, 1.165) is 49.2 Å². The third-order valence-electron chi connectivity index (χ3n) is 4.34. The van der Waals surface area contributed by atoms with Crippen LogP contribution in [0.4, 0.5) is 5.69 Å². The number of nitrogens with zero attached hydrogens (tertiary/aromatic N) is 2. The smallest absolute Gasteiger partial charge is 0.0612 e. The molecule has 2 aromatic rings. The fraction of sp³-hybridized carbons (Fsp3) is 0.368. The Bertz CT molecular complexity index is 686. The molecular weight excluding hydrogens is 395 g/mol. The second-order valence-electron chi connectivity index (χ2n) is 6.08. The average Bonchev–Trinajstić information content (AvgIpc) is 2.63. The van der Waals surface area contributed by atoms with Crippen LogP contribution in [0.3, 0.4) is 0 Å². The number of rotatable bonds is 6. The molecule has 0 aliphatic carbocycles. The molecule has 0 radical (unpaired) electrons. The summed E-state index contributed by atoms with van der Waals surface area (Å²) in [6.45, 7) is 5.39. The lowest BCUT2D eigenvalue weighted by Crippen LogP contribution is -2.46. The predicted molar refractivity (Wildman–Crippen MR) is 112 cm³/mol. The maximum Gasteiger partial charge on any atom is 0.0612 e. The number of hydrogen-bond acceptors (Lipinski definition) is 3. The van der Waals surface area contributed by atoms with Crippen molar-refractivity contribution < 1.29 is 0 Å². The molecule has 0 spiro atoms. The van der Waals surface area contributed by atoms with Gasteiger partial charge in [0.25, 0.3) is 0 Å². The molecule has 1 heterocycles. The molecule has 1 aliphatic rings. The lowest BCUT2D eigenvalue weighted by Gasteiger charge is -2.36. The van der Waals surface area contributed by atoms with E-state index in [0.29, 0.717) is 10.0 Å². The molecule has 1 aliphatic heterocycles. The zero-order chi connectivity index (χ0) is 17.6. The van der Waals surface area contributed by atoms with Gasteiger partial charge in [0.05, 0.1) is 10.0 Å². The summed E-state index contributed by atoms with van der Waals surface area (Å²) >= 11 is 19.9.